The van der Waals surface area contributed by atoms with Crippen LogP contribution in [0.3, 0.4) is 0 Å². The van der Waals surface area contributed by atoms with Crippen LogP contribution in [0.2, 0.25) is 0 Å². The van der Waals surface area contributed by atoms with Crippen molar-refractivity contribution < 1.29 is 4.79 Å². The number of nitriles is 1. The van der Waals surface area contributed by atoms with Crippen molar-refractivity contribution in [1.29, 1.82) is 5.26 Å². The minimum Gasteiger partial charge on any atom is -0.384 e. The minimum absolute atomic E-state index is 0.0631. The van der Waals surface area contributed by atoms with Gasteiger partial charge in [0.2, 0.25) is 0 Å². The summed E-state index contributed by atoms with van der Waals surface area (Å²) >= 11 is 8.41. The number of Topliss-reactive ketones (excluding diaryl/α,β-unsaturated/α-hetero) is 1. The van der Waals surface area contributed by atoms with Gasteiger partial charge in [-0.15, -0.1) is 11.3 Å². The first-order valence-electron chi connectivity index (χ1n) is 9.03. The van der Waals surface area contributed by atoms with Gasteiger partial charge in [-0.05, 0) is 61.9 Å². The van der Waals surface area contributed by atoms with E-state index in [1.54, 1.807) is 11.1 Å². The Morgan fingerprint density at radius 1 is 1.31 bits per heavy atom. The van der Waals surface area contributed by atoms with Gasteiger partial charge in [0.05, 0.1) is 17.6 Å². The van der Waals surface area contributed by atoms with Crippen molar-refractivity contribution in [3.05, 3.63) is 66.3 Å². The summed E-state index contributed by atoms with van der Waals surface area (Å²) in [6, 6.07) is 7.95. The highest BCUT2D eigenvalue weighted by molar-refractivity contribution is 9.10. The van der Waals surface area contributed by atoms with Gasteiger partial charge in [0.1, 0.15) is 11.6 Å². The fraction of sp³-hybridized carbons (Fsp3) is 0.286. The maximum absolute atomic E-state index is 13.3. The first-order valence-corrected chi connectivity index (χ1v) is 11.5. The average Bonchev–Trinajstić information content (AvgIpc) is 3.07. The second kappa shape index (κ2) is 7.38. The van der Waals surface area contributed by atoms with Crippen LogP contribution in [-0.2, 0) is 4.79 Å². The molecule has 0 fully saturated rings. The Morgan fingerprint density at radius 2 is 2.07 bits per heavy atom. The maximum atomic E-state index is 13.3. The van der Waals surface area contributed by atoms with Gasteiger partial charge in [-0.3, -0.25) is 9.69 Å². The zero-order valence-corrected chi connectivity index (χ0v) is 19.9. The van der Waals surface area contributed by atoms with Crippen molar-refractivity contribution in [2.45, 2.75) is 32.6 Å². The van der Waals surface area contributed by atoms with Crippen molar-refractivity contribution in [2.75, 3.05) is 4.90 Å². The second-order valence-electron chi connectivity index (χ2n) is 7.98. The summed E-state index contributed by atoms with van der Waals surface area (Å²) in [5.74, 6) is 0.554. The number of anilines is 1. The molecule has 3 heterocycles. The molecule has 0 spiro atoms. The molecule has 2 aromatic heterocycles. The van der Waals surface area contributed by atoms with E-state index in [2.05, 4.69) is 56.8 Å². The summed E-state index contributed by atoms with van der Waals surface area (Å²) in [5, 5.41) is 12.0. The normalized spacial score (nSPS) is 21.3. The van der Waals surface area contributed by atoms with Crippen molar-refractivity contribution in [1.82, 2.24) is 4.98 Å². The summed E-state index contributed by atoms with van der Waals surface area (Å²) in [5.41, 5.74) is 8.24. The topological polar surface area (TPSA) is 83.0 Å². The molecule has 2 N–H and O–H groups in total. The number of nitrogens with two attached hydrogens (primary N) is 1. The molecule has 0 unspecified atom stereocenters. The third kappa shape index (κ3) is 3.56. The molecule has 1 aliphatic heterocycles. The molecule has 5 nitrogen and oxygen atoms in total. The van der Waals surface area contributed by atoms with Crippen molar-refractivity contribution >= 4 is 54.8 Å². The predicted octanol–water partition coefficient (Wildman–Crippen LogP) is 5.61. The lowest BCUT2D eigenvalue weighted by Gasteiger charge is -2.43. The van der Waals surface area contributed by atoms with Crippen LogP contribution in [0.1, 0.15) is 37.5 Å². The number of aromatic nitrogens is 1. The zero-order valence-electron chi connectivity index (χ0n) is 15.9. The van der Waals surface area contributed by atoms with E-state index in [9.17, 15) is 10.1 Å². The van der Waals surface area contributed by atoms with E-state index >= 15 is 0 Å². The van der Waals surface area contributed by atoms with E-state index in [4.69, 9.17) is 5.73 Å². The molecule has 4 rings (SSSR count). The van der Waals surface area contributed by atoms with E-state index in [0.717, 1.165) is 19.5 Å². The molecule has 148 valence electrons. The standard InChI is InChI=1S/C21H18Br2N4OS/c1-21(2)6-14-19(15(28)7-21)18(16-5-12(23)10-29-16)13(8-24)20(25)27(14)17-4-3-11(22)9-26-17/h3-5,9-10,18H,6-7,25H2,1-2H3/t18-/m1/s1. The quantitative estimate of drug-likeness (QED) is 0.542. The average molecular weight is 534 g/mol. The molecular weight excluding hydrogens is 516 g/mol. The van der Waals surface area contributed by atoms with Crippen LogP contribution in [0, 0.1) is 16.7 Å². The highest BCUT2D eigenvalue weighted by Crippen LogP contribution is 2.51. The number of carbonyl (C=O) groups is 1. The molecule has 1 atom stereocenters. The Bertz CT molecular complexity index is 1110. The molecule has 0 aromatic carbocycles. The number of nitrogens with zero attached hydrogens (tertiary/aromatic N) is 3. The smallest absolute Gasteiger partial charge is 0.162 e. The van der Waals surface area contributed by atoms with Crippen LogP contribution in [0.15, 0.2) is 61.4 Å². The molecule has 1 aliphatic carbocycles. The summed E-state index contributed by atoms with van der Waals surface area (Å²) in [6.45, 7) is 4.16. The maximum Gasteiger partial charge on any atom is 0.162 e. The van der Waals surface area contributed by atoms with E-state index in [0.29, 0.717) is 35.6 Å². The van der Waals surface area contributed by atoms with Gasteiger partial charge in [-0.2, -0.15) is 5.26 Å². The number of pyridine rings is 1. The van der Waals surface area contributed by atoms with Gasteiger partial charge < -0.3 is 5.73 Å². The van der Waals surface area contributed by atoms with Gasteiger partial charge in [-0.1, -0.05) is 13.8 Å². The SMILES string of the molecule is CC1(C)CC(=O)C2=C(C1)N(c1ccc(Br)cn1)C(N)=C(C#N)[C@@H]2c1cc(Br)cs1. The van der Waals surface area contributed by atoms with Gasteiger partial charge in [0, 0.05) is 43.1 Å². The molecule has 2 aliphatic rings. The zero-order chi connectivity index (χ0) is 20.9. The lowest BCUT2D eigenvalue weighted by atomic mass is 9.70. The molecule has 0 bridgehead atoms. The van der Waals surface area contributed by atoms with Crippen LogP contribution in [-0.4, -0.2) is 10.8 Å². The Morgan fingerprint density at radius 3 is 2.66 bits per heavy atom. The largest absolute Gasteiger partial charge is 0.384 e. The van der Waals surface area contributed by atoms with Crippen LogP contribution in [0.4, 0.5) is 5.82 Å². The van der Waals surface area contributed by atoms with E-state index in [1.807, 2.05) is 23.6 Å². The van der Waals surface area contributed by atoms with Crippen LogP contribution >= 0.6 is 43.2 Å². The molecule has 2 aromatic rings. The number of halogens is 2. The van der Waals surface area contributed by atoms with Crippen molar-refractivity contribution in [2.24, 2.45) is 11.1 Å². The first kappa shape index (κ1) is 20.3. The van der Waals surface area contributed by atoms with Crippen LogP contribution in [0.25, 0.3) is 0 Å². The third-order valence-electron chi connectivity index (χ3n) is 5.19. The lowest BCUT2D eigenvalue weighted by Crippen LogP contribution is -2.42. The Balaban J connectivity index is 1.99. The van der Waals surface area contributed by atoms with Gasteiger partial charge in [0.25, 0.3) is 0 Å². The fourth-order valence-electron chi connectivity index (χ4n) is 4.03. The van der Waals surface area contributed by atoms with Gasteiger partial charge in [0.15, 0.2) is 5.78 Å². The Labute approximate surface area is 190 Å². The van der Waals surface area contributed by atoms with E-state index in [-0.39, 0.29) is 11.2 Å². The van der Waals surface area contributed by atoms with Crippen molar-refractivity contribution in [3.63, 3.8) is 0 Å². The number of carbonyl (C=O) groups excluding carboxylic acids is 1. The first-order chi connectivity index (χ1) is 13.7. The predicted molar refractivity (Wildman–Crippen MR) is 121 cm³/mol. The minimum atomic E-state index is -0.443. The number of hydrogen-bond acceptors (Lipinski definition) is 6. The fourth-order valence-corrected chi connectivity index (χ4v) is 5.83. The number of ketones is 1. The molecular formula is C21H18Br2N4OS. The van der Waals surface area contributed by atoms with Gasteiger partial charge in [-0.25, -0.2) is 4.98 Å². The third-order valence-corrected chi connectivity index (χ3v) is 7.42. The van der Waals surface area contributed by atoms with Crippen LogP contribution in [0.5, 0.6) is 0 Å². The Kier molecular flexibility index (Phi) is 5.18. The number of rotatable bonds is 2. The summed E-state index contributed by atoms with van der Waals surface area (Å²) in [7, 11) is 0. The van der Waals surface area contributed by atoms with E-state index < -0.39 is 5.92 Å². The highest BCUT2D eigenvalue weighted by Gasteiger charge is 2.45. The molecule has 0 amide bonds. The number of hydrogen-bond donors (Lipinski definition) is 1. The molecule has 0 saturated carbocycles. The van der Waals surface area contributed by atoms with Crippen LogP contribution < -0.4 is 10.6 Å². The number of thiophene rings is 1. The molecule has 8 heteroatoms. The highest BCUT2D eigenvalue weighted by atomic mass is 79.9. The second-order valence-corrected chi connectivity index (χ2v) is 10.8. The molecule has 0 radical (unpaired) electrons. The summed E-state index contributed by atoms with van der Waals surface area (Å²) in [4.78, 5) is 20.6. The number of allylic oxidation sites excluding steroid dienone is 3. The summed E-state index contributed by atoms with van der Waals surface area (Å²) < 4.78 is 1.77. The lowest BCUT2D eigenvalue weighted by molar-refractivity contribution is -0.118. The van der Waals surface area contributed by atoms with E-state index in [1.165, 1.54) is 11.3 Å². The molecule has 29 heavy (non-hydrogen) atoms. The Hall–Kier alpha value is -1.95. The van der Waals surface area contributed by atoms with Gasteiger partial charge >= 0.3 is 0 Å². The monoisotopic (exact) mass is 532 g/mol. The molecule has 0 saturated heterocycles. The summed E-state index contributed by atoms with van der Waals surface area (Å²) in [6.07, 6.45) is 2.80. The van der Waals surface area contributed by atoms with Crippen molar-refractivity contribution in [3.8, 4) is 6.07 Å².